The van der Waals surface area contributed by atoms with Gasteiger partial charge in [0, 0.05) is 11.5 Å². The van der Waals surface area contributed by atoms with E-state index < -0.39 is 6.17 Å². The molecule has 1 aromatic heterocycles. The first-order valence-electron chi connectivity index (χ1n) is 3.44. The molecule has 2 rings (SSSR count). The van der Waals surface area contributed by atoms with Crippen LogP contribution in [0.3, 0.4) is 0 Å². The summed E-state index contributed by atoms with van der Waals surface area (Å²) >= 11 is 0. The molecule has 1 aliphatic carbocycles. The maximum Gasteiger partial charge on any atom is 0.224 e. The van der Waals surface area contributed by atoms with E-state index in [1.54, 1.807) is 0 Å². The van der Waals surface area contributed by atoms with Gasteiger partial charge in [-0.15, -0.1) is 0 Å². The fraction of sp³-hybridized carbons (Fsp3) is 0.667. The van der Waals surface area contributed by atoms with Crippen molar-refractivity contribution in [3.05, 3.63) is 11.4 Å². The summed E-state index contributed by atoms with van der Waals surface area (Å²) < 4.78 is 12.7. The smallest absolute Gasteiger partial charge is 0.224 e. The Morgan fingerprint density at radius 2 is 2.60 bits per heavy atom. The summed E-state index contributed by atoms with van der Waals surface area (Å²) in [5, 5.41) is 9.38. The lowest BCUT2D eigenvalue weighted by Gasteiger charge is -2.07. The van der Waals surface area contributed by atoms with Crippen molar-refractivity contribution in [3.8, 4) is 0 Å². The average molecular weight is 142 g/mol. The number of rotatable bonds is 0. The van der Waals surface area contributed by atoms with Gasteiger partial charge in [-0.05, 0) is 6.42 Å². The molecule has 10 heavy (non-hydrogen) atoms. The second-order valence-electron chi connectivity index (χ2n) is 2.61. The average Bonchev–Trinajstić information content (AvgIpc) is 2.33. The van der Waals surface area contributed by atoms with E-state index in [9.17, 15) is 4.39 Å². The summed E-state index contributed by atoms with van der Waals surface area (Å²) in [6.45, 7) is 0. The van der Waals surface area contributed by atoms with Crippen LogP contribution in [0.15, 0.2) is 0 Å². The van der Waals surface area contributed by atoms with Crippen LogP contribution in [0.5, 0.6) is 0 Å². The monoisotopic (exact) mass is 142 g/mol. The molecule has 2 N–H and O–H groups in total. The van der Waals surface area contributed by atoms with Crippen LogP contribution >= 0.6 is 0 Å². The zero-order valence-electron chi connectivity index (χ0n) is 5.52. The number of aromatic nitrogens is 3. The zero-order valence-corrected chi connectivity index (χ0v) is 5.52. The third-order valence-corrected chi connectivity index (χ3v) is 1.87. The maximum atomic E-state index is 12.7. The molecule has 0 saturated carbocycles. The number of nitrogens with zero attached hydrogens (tertiary/aromatic N) is 1. The van der Waals surface area contributed by atoms with Crippen molar-refractivity contribution in [3.63, 3.8) is 0 Å². The third kappa shape index (κ3) is 0.798. The first-order chi connectivity index (χ1) is 4.86. The van der Waals surface area contributed by atoms with Gasteiger partial charge in [0.1, 0.15) is 6.17 Å². The Morgan fingerprint density at radius 1 is 1.70 bits per heavy atom. The van der Waals surface area contributed by atoms with Gasteiger partial charge >= 0.3 is 0 Å². The number of nitrogens with one attached hydrogen (secondary N) is 2. The van der Waals surface area contributed by atoms with E-state index in [4.69, 9.17) is 0 Å². The quantitative estimate of drug-likeness (QED) is 0.546. The normalized spacial score (nSPS) is 24.3. The highest BCUT2D eigenvalue weighted by Crippen LogP contribution is 2.16. The molecular formula is C6H9FN3+. The summed E-state index contributed by atoms with van der Waals surface area (Å²) in [5.41, 5.74) is 1.92. The number of H-pyrrole nitrogens is 2. The minimum Gasteiger partial charge on any atom is -0.247 e. The van der Waals surface area contributed by atoms with Crippen molar-refractivity contribution in [2.75, 3.05) is 0 Å². The number of halogens is 1. The SMILES string of the molecule is FC1CCc2[nH+][nH]nc2C1. The van der Waals surface area contributed by atoms with Gasteiger partial charge in [-0.25, -0.2) is 4.39 Å². The Bertz CT molecular complexity index is 233. The topological polar surface area (TPSA) is 42.8 Å². The Balaban J connectivity index is 2.30. The van der Waals surface area contributed by atoms with Gasteiger partial charge in [0.2, 0.25) is 5.69 Å². The lowest BCUT2D eigenvalue weighted by atomic mass is 10.00. The van der Waals surface area contributed by atoms with Crippen LogP contribution < -0.4 is 5.10 Å². The first kappa shape index (κ1) is 5.82. The Labute approximate surface area is 57.6 Å². The molecule has 4 heteroatoms. The summed E-state index contributed by atoms with van der Waals surface area (Å²) in [7, 11) is 0. The number of hydrogen-bond acceptors (Lipinski definition) is 1. The van der Waals surface area contributed by atoms with E-state index in [1.807, 2.05) is 0 Å². The van der Waals surface area contributed by atoms with Gasteiger partial charge in [-0.1, -0.05) is 5.21 Å². The van der Waals surface area contributed by atoms with Gasteiger partial charge in [0.25, 0.3) is 0 Å². The molecule has 0 aromatic carbocycles. The fourth-order valence-corrected chi connectivity index (χ4v) is 1.29. The predicted octanol–water partition coefficient (Wildman–Crippen LogP) is 0.0506. The maximum absolute atomic E-state index is 12.7. The molecule has 0 radical (unpaired) electrons. The van der Waals surface area contributed by atoms with Gasteiger partial charge in [-0.3, -0.25) is 0 Å². The van der Waals surface area contributed by atoms with E-state index in [2.05, 4.69) is 15.4 Å². The molecule has 0 amide bonds. The summed E-state index contributed by atoms with van der Waals surface area (Å²) in [6, 6.07) is 0. The van der Waals surface area contributed by atoms with Crippen LogP contribution in [-0.2, 0) is 12.8 Å². The van der Waals surface area contributed by atoms with Crippen molar-refractivity contribution >= 4 is 0 Å². The molecule has 1 unspecified atom stereocenters. The number of fused-ring (bicyclic) bond motifs is 1. The van der Waals surface area contributed by atoms with E-state index in [1.165, 1.54) is 0 Å². The van der Waals surface area contributed by atoms with Crippen LogP contribution in [0.1, 0.15) is 17.8 Å². The molecular weight excluding hydrogens is 133 g/mol. The minimum atomic E-state index is -0.691. The predicted molar refractivity (Wildman–Crippen MR) is 32.1 cm³/mol. The summed E-state index contributed by atoms with van der Waals surface area (Å²) in [5.74, 6) is 0. The number of aromatic amines is 2. The van der Waals surface area contributed by atoms with Crippen molar-refractivity contribution in [1.29, 1.82) is 0 Å². The van der Waals surface area contributed by atoms with Crippen molar-refractivity contribution in [1.82, 2.24) is 10.3 Å². The molecule has 0 bridgehead atoms. The molecule has 0 fully saturated rings. The number of alkyl halides is 1. The number of aryl methyl sites for hydroxylation is 1. The van der Waals surface area contributed by atoms with Crippen LogP contribution in [0.4, 0.5) is 4.39 Å². The first-order valence-corrected chi connectivity index (χ1v) is 3.44. The molecule has 54 valence electrons. The minimum absolute atomic E-state index is 0.468. The van der Waals surface area contributed by atoms with Crippen molar-refractivity contribution in [2.24, 2.45) is 0 Å². The Kier molecular flexibility index (Phi) is 1.19. The lowest BCUT2D eigenvalue weighted by Crippen LogP contribution is -2.19. The molecule has 0 spiro atoms. The Hall–Kier alpha value is -0.930. The fourth-order valence-electron chi connectivity index (χ4n) is 1.29. The molecule has 1 atom stereocenters. The largest absolute Gasteiger partial charge is 0.247 e. The third-order valence-electron chi connectivity index (χ3n) is 1.87. The van der Waals surface area contributed by atoms with Gasteiger partial charge in [0.05, 0.1) is 6.42 Å². The molecule has 1 aliphatic rings. The second-order valence-corrected chi connectivity index (χ2v) is 2.61. The summed E-state index contributed by atoms with van der Waals surface area (Å²) in [6.07, 6.45) is 1.19. The van der Waals surface area contributed by atoms with Crippen molar-refractivity contribution in [2.45, 2.75) is 25.4 Å². The van der Waals surface area contributed by atoms with Crippen LogP contribution in [0.2, 0.25) is 0 Å². The van der Waals surface area contributed by atoms with Gasteiger partial charge < -0.3 is 0 Å². The second kappa shape index (κ2) is 2.04. The highest BCUT2D eigenvalue weighted by atomic mass is 19.1. The molecule has 0 saturated heterocycles. The molecule has 0 aliphatic heterocycles. The molecule has 1 aromatic rings. The van der Waals surface area contributed by atoms with Crippen molar-refractivity contribution < 1.29 is 9.49 Å². The van der Waals surface area contributed by atoms with Crippen LogP contribution in [0.25, 0.3) is 0 Å². The molecule has 3 nitrogen and oxygen atoms in total. The van der Waals surface area contributed by atoms with E-state index in [0.29, 0.717) is 12.8 Å². The Morgan fingerprint density at radius 3 is 3.50 bits per heavy atom. The van der Waals surface area contributed by atoms with Gasteiger partial charge in [-0.2, -0.15) is 5.10 Å². The van der Waals surface area contributed by atoms with Gasteiger partial charge in [0.15, 0.2) is 5.69 Å². The van der Waals surface area contributed by atoms with E-state index in [0.717, 1.165) is 17.8 Å². The highest BCUT2D eigenvalue weighted by Gasteiger charge is 2.25. The lowest BCUT2D eigenvalue weighted by molar-refractivity contribution is -0.465. The summed E-state index contributed by atoms with van der Waals surface area (Å²) in [4.78, 5) is 0. The highest BCUT2D eigenvalue weighted by molar-refractivity contribution is 5.08. The van der Waals surface area contributed by atoms with E-state index >= 15 is 0 Å². The molecule has 1 heterocycles. The standard InChI is InChI=1S/C6H8FN3/c7-4-1-2-5-6(3-4)9-10-8-5/h4H,1-3H2,(H,8,9,10)/p+1. The van der Waals surface area contributed by atoms with E-state index in [-0.39, 0.29) is 0 Å². The zero-order chi connectivity index (χ0) is 6.97. The van der Waals surface area contributed by atoms with Crippen LogP contribution in [-0.4, -0.2) is 16.5 Å². The number of hydrogen-bond donors (Lipinski definition) is 1. The van der Waals surface area contributed by atoms with Crippen LogP contribution in [0, 0.1) is 0 Å².